The molecule has 4 aromatic rings. The van der Waals surface area contributed by atoms with Gasteiger partial charge in [-0.15, -0.1) is 0 Å². The van der Waals surface area contributed by atoms with Gasteiger partial charge >= 0.3 is 0 Å². The molecule has 3 heterocycles. The van der Waals surface area contributed by atoms with E-state index >= 15 is 0 Å². The number of nitrogens with one attached hydrogen (secondary N) is 2. The molecule has 0 saturated heterocycles. The molecular formula is C35H39N9O3. The summed E-state index contributed by atoms with van der Waals surface area (Å²) in [6, 6.07) is 20.9. The van der Waals surface area contributed by atoms with Gasteiger partial charge in [-0.05, 0) is 52.3 Å². The van der Waals surface area contributed by atoms with E-state index in [1.54, 1.807) is 18.5 Å². The summed E-state index contributed by atoms with van der Waals surface area (Å²) in [7, 11) is 0. The Kier molecular flexibility index (Phi) is 11.6. The smallest absolute Gasteiger partial charge is 0.256 e. The molecule has 242 valence electrons. The van der Waals surface area contributed by atoms with Gasteiger partial charge in [0.25, 0.3) is 5.91 Å². The first-order chi connectivity index (χ1) is 22.6. The second-order valence-electron chi connectivity index (χ2n) is 11.2. The van der Waals surface area contributed by atoms with Gasteiger partial charge in [0.05, 0.1) is 25.2 Å². The van der Waals surface area contributed by atoms with Crippen LogP contribution in [0.5, 0.6) is 5.88 Å². The number of aromatic nitrogens is 4. The van der Waals surface area contributed by atoms with Gasteiger partial charge in [-0.25, -0.2) is 9.98 Å². The third kappa shape index (κ3) is 9.11. The molecule has 12 heteroatoms. The van der Waals surface area contributed by atoms with Crippen molar-refractivity contribution in [2.24, 2.45) is 4.99 Å². The van der Waals surface area contributed by atoms with Gasteiger partial charge in [0.15, 0.2) is 11.2 Å². The molecule has 0 unspecified atom stereocenters. The predicted octanol–water partition coefficient (Wildman–Crippen LogP) is 5.79. The maximum atomic E-state index is 12.3. The van der Waals surface area contributed by atoms with Crippen LogP contribution in [-0.4, -0.2) is 54.7 Å². The summed E-state index contributed by atoms with van der Waals surface area (Å²) in [4.78, 5) is 43.9. The Morgan fingerprint density at radius 3 is 2.30 bits per heavy atom. The number of hydrogen-bond donors (Lipinski definition) is 2. The van der Waals surface area contributed by atoms with Crippen molar-refractivity contribution in [2.75, 3.05) is 11.9 Å². The molecule has 0 saturated carbocycles. The molecule has 0 atom stereocenters. The predicted molar refractivity (Wildman–Crippen MR) is 181 cm³/mol. The zero-order chi connectivity index (χ0) is 33.9. The Hall–Kier alpha value is -5.83. The SMILES string of the molecule is C=C1N=C(NC(=O)c2ccccc2)C(C)=CN1C(C)C.CC(C)n1cnc2c(OCCC#N)nc(NC(=O)Cc3ccccc3)nc21. The number of imidazole rings is 1. The molecule has 2 aromatic heterocycles. The molecule has 47 heavy (non-hydrogen) atoms. The number of fused-ring (bicyclic) bond motifs is 1. The van der Waals surface area contributed by atoms with Crippen LogP contribution in [0.25, 0.3) is 11.2 Å². The Morgan fingerprint density at radius 2 is 1.66 bits per heavy atom. The first-order valence-electron chi connectivity index (χ1n) is 15.3. The van der Waals surface area contributed by atoms with Crippen molar-refractivity contribution < 1.29 is 14.3 Å². The molecule has 0 aliphatic carbocycles. The minimum absolute atomic E-state index is 0.129. The summed E-state index contributed by atoms with van der Waals surface area (Å²) in [6.07, 6.45) is 4.07. The molecule has 0 radical (unpaired) electrons. The number of carbonyl (C=O) groups excluding carboxylic acids is 2. The highest BCUT2D eigenvalue weighted by Crippen LogP contribution is 2.25. The molecule has 2 amide bonds. The van der Waals surface area contributed by atoms with Crippen molar-refractivity contribution in [3.8, 4) is 11.9 Å². The molecular weight excluding hydrogens is 594 g/mol. The molecule has 5 rings (SSSR count). The lowest BCUT2D eigenvalue weighted by molar-refractivity contribution is -0.115. The Morgan fingerprint density at radius 1 is 0.979 bits per heavy atom. The fraction of sp³-hybridized carbons (Fsp3) is 0.286. The van der Waals surface area contributed by atoms with Crippen molar-refractivity contribution in [1.29, 1.82) is 5.26 Å². The standard InChI is InChI=1S/C19H20N6O2.C16H19N3O/c1-13(2)25-12-21-16-17(25)23-19(24-18(16)27-10-6-9-20)22-15(26)11-14-7-4-3-5-8-14;1-11(2)19-10-12(3)15(17-13(19)4)18-16(20)14-8-6-5-7-9-14/h3-5,7-8,12-13H,6,10-11H2,1-2H3,(H,22,23,24,26);5-11H,4H2,1-3H3,(H,17,18,20). The lowest BCUT2D eigenvalue weighted by Gasteiger charge is -2.29. The van der Waals surface area contributed by atoms with Crippen molar-refractivity contribution in [3.63, 3.8) is 0 Å². The topological polar surface area (TPSA) is 150 Å². The molecule has 0 spiro atoms. The number of rotatable bonds is 9. The molecule has 12 nitrogen and oxygen atoms in total. The highest BCUT2D eigenvalue weighted by Gasteiger charge is 2.20. The van der Waals surface area contributed by atoms with E-state index in [2.05, 4.69) is 51.0 Å². The van der Waals surface area contributed by atoms with Gasteiger partial charge in [-0.2, -0.15) is 15.2 Å². The van der Waals surface area contributed by atoms with Gasteiger partial charge in [0, 0.05) is 29.4 Å². The first kappa shape index (κ1) is 34.1. The summed E-state index contributed by atoms with van der Waals surface area (Å²) in [5.41, 5.74) is 3.49. The Balaban J connectivity index is 0.000000223. The van der Waals surface area contributed by atoms with Crippen LogP contribution < -0.4 is 15.4 Å². The number of carbonyl (C=O) groups is 2. The Labute approximate surface area is 274 Å². The molecule has 1 aliphatic heterocycles. The molecule has 1 aliphatic rings. The second-order valence-corrected chi connectivity index (χ2v) is 11.2. The number of hydrogen-bond acceptors (Lipinski definition) is 9. The normalized spacial score (nSPS) is 12.6. The van der Waals surface area contributed by atoms with Crippen LogP contribution in [0.4, 0.5) is 5.95 Å². The number of aliphatic imine (C=N–C) groups is 1. The number of anilines is 1. The lowest BCUT2D eigenvalue weighted by Crippen LogP contribution is -2.36. The fourth-order valence-electron chi connectivity index (χ4n) is 4.53. The van der Waals surface area contributed by atoms with Gasteiger partial charge in [-0.1, -0.05) is 55.1 Å². The molecule has 0 fully saturated rings. The van der Waals surface area contributed by atoms with Crippen LogP contribution >= 0.6 is 0 Å². The lowest BCUT2D eigenvalue weighted by atomic mass is 10.1. The molecule has 2 N–H and O–H groups in total. The van der Waals surface area contributed by atoms with Gasteiger partial charge in [-0.3, -0.25) is 14.9 Å². The first-order valence-corrected chi connectivity index (χ1v) is 15.3. The monoisotopic (exact) mass is 633 g/mol. The number of ether oxygens (including phenoxy) is 1. The van der Waals surface area contributed by atoms with E-state index < -0.39 is 0 Å². The number of nitrogens with zero attached hydrogens (tertiary/aromatic N) is 7. The highest BCUT2D eigenvalue weighted by molar-refractivity contribution is 6.12. The summed E-state index contributed by atoms with van der Waals surface area (Å²) in [5, 5.41) is 14.3. The fourth-order valence-corrected chi connectivity index (χ4v) is 4.53. The van der Waals surface area contributed by atoms with Crippen LogP contribution in [0, 0.1) is 11.3 Å². The third-order valence-corrected chi connectivity index (χ3v) is 6.93. The zero-order valence-electron chi connectivity index (χ0n) is 27.3. The zero-order valence-corrected chi connectivity index (χ0v) is 27.3. The minimum Gasteiger partial charge on any atom is -0.475 e. The largest absolute Gasteiger partial charge is 0.475 e. The minimum atomic E-state index is -0.223. The highest BCUT2D eigenvalue weighted by atomic mass is 16.5. The van der Waals surface area contributed by atoms with Crippen LogP contribution in [0.15, 0.2) is 96.2 Å². The van der Waals surface area contributed by atoms with Gasteiger partial charge < -0.3 is 19.5 Å². The molecule has 2 aromatic carbocycles. The van der Waals surface area contributed by atoms with Crippen LogP contribution in [0.2, 0.25) is 0 Å². The number of amides is 2. The maximum absolute atomic E-state index is 12.3. The summed E-state index contributed by atoms with van der Waals surface area (Å²) < 4.78 is 7.47. The summed E-state index contributed by atoms with van der Waals surface area (Å²) in [5.74, 6) is 1.21. The van der Waals surface area contributed by atoms with Crippen molar-refractivity contribution >= 4 is 34.8 Å². The average Bonchev–Trinajstić information content (AvgIpc) is 3.48. The summed E-state index contributed by atoms with van der Waals surface area (Å²) in [6.45, 7) is 14.2. The molecule has 0 bridgehead atoms. The number of nitriles is 1. The quantitative estimate of drug-likeness (QED) is 0.220. The van der Waals surface area contributed by atoms with Crippen molar-refractivity contribution in [2.45, 2.75) is 59.5 Å². The average molecular weight is 634 g/mol. The Bertz CT molecular complexity index is 1820. The van der Waals surface area contributed by atoms with E-state index in [0.717, 1.165) is 11.1 Å². The second kappa shape index (κ2) is 15.9. The maximum Gasteiger partial charge on any atom is 0.256 e. The summed E-state index contributed by atoms with van der Waals surface area (Å²) >= 11 is 0. The van der Waals surface area contributed by atoms with Crippen LogP contribution in [-0.2, 0) is 11.2 Å². The van der Waals surface area contributed by atoms with E-state index in [0.29, 0.717) is 28.4 Å². The van der Waals surface area contributed by atoms with Crippen molar-refractivity contribution in [3.05, 3.63) is 102 Å². The van der Waals surface area contributed by atoms with E-state index in [1.165, 1.54) is 0 Å². The van der Waals surface area contributed by atoms with E-state index in [4.69, 9.17) is 10.00 Å². The van der Waals surface area contributed by atoms with E-state index in [9.17, 15) is 9.59 Å². The van der Waals surface area contributed by atoms with Crippen LogP contribution in [0.3, 0.4) is 0 Å². The van der Waals surface area contributed by atoms with Gasteiger partial charge in [0.1, 0.15) is 18.3 Å². The van der Waals surface area contributed by atoms with Crippen LogP contribution in [0.1, 0.15) is 63.0 Å². The number of amidine groups is 1. The van der Waals surface area contributed by atoms with E-state index in [-0.39, 0.29) is 55.2 Å². The van der Waals surface area contributed by atoms with Crippen molar-refractivity contribution in [1.82, 2.24) is 29.7 Å². The van der Waals surface area contributed by atoms with E-state index in [1.807, 2.05) is 91.0 Å². The third-order valence-electron chi connectivity index (χ3n) is 6.93. The van der Waals surface area contributed by atoms with Gasteiger partial charge in [0.2, 0.25) is 17.7 Å². The number of benzene rings is 2.